The lowest BCUT2D eigenvalue weighted by Crippen LogP contribution is -2.27. The van der Waals surface area contributed by atoms with Crippen LogP contribution < -0.4 is 0 Å². The van der Waals surface area contributed by atoms with Crippen molar-refractivity contribution in [2.24, 2.45) is 11.8 Å². The van der Waals surface area contributed by atoms with Crippen molar-refractivity contribution in [3.05, 3.63) is 53.6 Å². The number of allylic oxidation sites excluding steroid dienone is 2. The first-order chi connectivity index (χ1) is 10.8. The van der Waals surface area contributed by atoms with Gasteiger partial charge in [0.05, 0.1) is 11.7 Å². The van der Waals surface area contributed by atoms with E-state index in [4.69, 9.17) is 4.74 Å². The summed E-state index contributed by atoms with van der Waals surface area (Å²) in [6.45, 7) is 6.35. The zero-order valence-electron chi connectivity index (χ0n) is 13.6. The molecule has 1 aliphatic carbocycles. The van der Waals surface area contributed by atoms with E-state index in [1.165, 1.54) is 12.1 Å². The van der Waals surface area contributed by atoms with Gasteiger partial charge in [0.1, 0.15) is 0 Å². The van der Waals surface area contributed by atoms with Crippen molar-refractivity contribution in [1.82, 2.24) is 0 Å². The van der Waals surface area contributed by atoms with Crippen LogP contribution in [0.2, 0.25) is 0 Å². The maximum atomic E-state index is 12.5. The third kappa shape index (κ3) is 4.71. The molecule has 0 saturated heterocycles. The molecule has 0 heterocycles. The predicted octanol–water partition coefficient (Wildman–Crippen LogP) is 5.73. The quantitative estimate of drug-likeness (QED) is 0.643. The Bertz CT molecular complexity index is 557. The summed E-state index contributed by atoms with van der Waals surface area (Å²) in [7, 11) is 1.75. The molecule has 23 heavy (non-hydrogen) atoms. The number of hydrogen-bond acceptors (Lipinski definition) is 1. The molecule has 1 aromatic rings. The number of methoxy groups -OCH3 is 1. The lowest BCUT2D eigenvalue weighted by Gasteiger charge is -2.34. The molecule has 0 aliphatic heterocycles. The number of benzene rings is 1. The molecular weight excluding hydrogens is 301 g/mol. The first-order valence-electron chi connectivity index (χ1n) is 7.88. The Hall–Kier alpha value is -1.55. The van der Waals surface area contributed by atoms with Crippen LogP contribution in [0.1, 0.15) is 37.3 Å². The van der Waals surface area contributed by atoms with Crippen LogP contribution >= 0.6 is 0 Å². The molecule has 1 fully saturated rings. The summed E-state index contributed by atoms with van der Waals surface area (Å²) in [6.07, 6.45) is 2.88. The highest BCUT2D eigenvalue weighted by Gasteiger charge is 2.30. The molecule has 1 nitrogen and oxygen atoms in total. The molecule has 3 unspecified atom stereocenters. The summed E-state index contributed by atoms with van der Waals surface area (Å²) in [6, 6.07) is 5.18. The van der Waals surface area contributed by atoms with Gasteiger partial charge >= 0.3 is 6.18 Å². The predicted molar refractivity (Wildman–Crippen MR) is 86.9 cm³/mol. The summed E-state index contributed by atoms with van der Waals surface area (Å²) < 4.78 is 43.0. The van der Waals surface area contributed by atoms with E-state index in [0.717, 1.165) is 42.5 Å². The molecule has 0 aromatic heterocycles. The van der Waals surface area contributed by atoms with E-state index in [0.29, 0.717) is 17.9 Å². The van der Waals surface area contributed by atoms with Crippen LogP contribution in [-0.2, 0) is 10.9 Å². The van der Waals surface area contributed by atoms with Gasteiger partial charge < -0.3 is 4.74 Å². The Morgan fingerprint density at radius 3 is 2.39 bits per heavy atom. The molecule has 1 aliphatic rings. The van der Waals surface area contributed by atoms with Crippen molar-refractivity contribution >= 4 is 6.08 Å². The Balaban J connectivity index is 1.98. The summed E-state index contributed by atoms with van der Waals surface area (Å²) in [4.78, 5) is 0. The minimum atomic E-state index is -4.29. The first-order valence-corrected chi connectivity index (χ1v) is 7.88. The summed E-state index contributed by atoms with van der Waals surface area (Å²) in [5, 5.41) is 0. The van der Waals surface area contributed by atoms with Crippen LogP contribution in [0.25, 0.3) is 6.08 Å². The smallest absolute Gasteiger partial charge is 0.381 e. The highest BCUT2D eigenvalue weighted by Crippen LogP contribution is 2.36. The summed E-state index contributed by atoms with van der Waals surface area (Å²) >= 11 is 0. The van der Waals surface area contributed by atoms with Crippen LogP contribution in [0, 0.1) is 11.8 Å². The third-order valence-corrected chi connectivity index (χ3v) is 4.66. The van der Waals surface area contributed by atoms with E-state index in [1.54, 1.807) is 7.11 Å². The SMILES string of the molecule is C=C(/C=C/c1ccc(C(F)(F)F)cc1)C1CCC(OC)CC1C. The van der Waals surface area contributed by atoms with Gasteiger partial charge in [-0.15, -0.1) is 0 Å². The Morgan fingerprint density at radius 2 is 1.87 bits per heavy atom. The lowest BCUT2D eigenvalue weighted by atomic mass is 9.75. The molecule has 0 N–H and O–H groups in total. The van der Waals surface area contributed by atoms with Gasteiger partial charge in [0.2, 0.25) is 0 Å². The monoisotopic (exact) mass is 324 g/mol. The van der Waals surface area contributed by atoms with Gasteiger partial charge in [0.15, 0.2) is 0 Å². The molecular formula is C19H23F3O. The van der Waals surface area contributed by atoms with E-state index in [-0.39, 0.29) is 0 Å². The summed E-state index contributed by atoms with van der Waals surface area (Å²) in [5.74, 6) is 0.908. The average molecular weight is 324 g/mol. The van der Waals surface area contributed by atoms with Gasteiger partial charge in [-0.05, 0) is 48.8 Å². The topological polar surface area (TPSA) is 9.23 Å². The molecule has 126 valence electrons. The van der Waals surface area contributed by atoms with Crippen molar-refractivity contribution in [3.8, 4) is 0 Å². The minimum absolute atomic E-state index is 0.327. The maximum absolute atomic E-state index is 12.5. The second-order valence-electron chi connectivity index (χ2n) is 6.28. The van der Waals surface area contributed by atoms with Crippen LogP contribution in [-0.4, -0.2) is 13.2 Å². The fourth-order valence-electron chi connectivity index (χ4n) is 3.22. The first kappa shape index (κ1) is 17.8. The number of hydrogen-bond donors (Lipinski definition) is 0. The fourth-order valence-corrected chi connectivity index (χ4v) is 3.22. The Kier molecular flexibility index (Phi) is 5.69. The van der Waals surface area contributed by atoms with Crippen molar-refractivity contribution in [3.63, 3.8) is 0 Å². The Morgan fingerprint density at radius 1 is 1.22 bits per heavy atom. The lowest BCUT2D eigenvalue weighted by molar-refractivity contribution is -0.137. The molecule has 0 radical (unpaired) electrons. The number of alkyl halides is 3. The van der Waals surface area contributed by atoms with Crippen molar-refractivity contribution < 1.29 is 17.9 Å². The average Bonchev–Trinajstić information content (AvgIpc) is 2.52. The second kappa shape index (κ2) is 7.35. The minimum Gasteiger partial charge on any atom is -0.381 e. The van der Waals surface area contributed by atoms with Crippen LogP contribution in [0.15, 0.2) is 42.5 Å². The van der Waals surface area contributed by atoms with E-state index in [1.807, 2.05) is 12.2 Å². The highest BCUT2D eigenvalue weighted by molar-refractivity contribution is 5.53. The molecule has 0 amide bonds. The van der Waals surface area contributed by atoms with Crippen LogP contribution in [0.5, 0.6) is 0 Å². The molecule has 0 spiro atoms. The Labute approximate surface area is 135 Å². The van der Waals surface area contributed by atoms with Gasteiger partial charge in [0, 0.05) is 7.11 Å². The standard InChI is InChI=1S/C19H23F3O/c1-13(18-11-10-17(23-3)12-14(18)2)4-5-15-6-8-16(9-7-15)19(20,21)22/h4-9,14,17-18H,1,10-12H2,2-3H3/b5-4+. The second-order valence-corrected chi connectivity index (χ2v) is 6.28. The van der Waals surface area contributed by atoms with Crippen LogP contribution in [0.4, 0.5) is 13.2 Å². The van der Waals surface area contributed by atoms with Crippen molar-refractivity contribution in [2.45, 2.75) is 38.5 Å². The molecule has 3 atom stereocenters. The van der Waals surface area contributed by atoms with Crippen molar-refractivity contribution in [1.29, 1.82) is 0 Å². The van der Waals surface area contributed by atoms with E-state index in [9.17, 15) is 13.2 Å². The van der Waals surface area contributed by atoms with Gasteiger partial charge in [-0.1, -0.05) is 43.4 Å². The van der Waals surface area contributed by atoms with Gasteiger partial charge in [-0.3, -0.25) is 0 Å². The van der Waals surface area contributed by atoms with E-state index >= 15 is 0 Å². The van der Waals surface area contributed by atoms with Gasteiger partial charge in [-0.2, -0.15) is 13.2 Å². The zero-order chi connectivity index (χ0) is 17.0. The van der Waals surface area contributed by atoms with E-state index in [2.05, 4.69) is 13.5 Å². The molecule has 4 heteroatoms. The van der Waals surface area contributed by atoms with Gasteiger partial charge in [0.25, 0.3) is 0 Å². The maximum Gasteiger partial charge on any atom is 0.416 e. The molecule has 1 aromatic carbocycles. The largest absolute Gasteiger partial charge is 0.416 e. The van der Waals surface area contributed by atoms with Crippen molar-refractivity contribution in [2.75, 3.05) is 7.11 Å². The van der Waals surface area contributed by atoms with E-state index < -0.39 is 11.7 Å². The number of halogens is 3. The third-order valence-electron chi connectivity index (χ3n) is 4.66. The molecule has 0 bridgehead atoms. The number of rotatable bonds is 4. The summed E-state index contributed by atoms with van der Waals surface area (Å²) in [5.41, 5.74) is 1.16. The number of ether oxygens (including phenoxy) is 1. The molecule has 2 rings (SSSR count). The van der Waals surface area contributed by atoms with Crippen LogP contribution in [0.3, 0.4) is 0 Å². The normalized spacial score (nSPS) is 25.7. The fraction of sp³-hybridized carbons (Fsp3) is 0.474. The van der Waals surface area contributed by atoms with Gasteiger partial charge in [-0.25, -0.2) is 0 Å². The zero-order valence-corrected chi connectivity index (χ0v) is 13.6. The molecule has 1 saturated carbocycles. The highest BCUT2D eigenvalue weighted by atomic mass is 19.4.